The van der Waals surface area contributed by atoms with Gasteiger partial charge in [0.1, 0.15) is 5.75 Å². The summed E-state index contributed by atoms with van der Waals surface area (Å²) in [6, 6.07) is 11.5. The van der Waals surface area contributed by atoms with Crippen molar-refractivity contribution in [1.82, 2.24) is 0 Å². The number of hydrogen-bond donors (Lipinski definition) is 1. The van der Waals surface area contributed by atoms with Crippen molar-refractivity contribution in [3.8, 4) is 5.75 Å². The van der Waals surface area contributed by atoms with Crippen LogP contribution in [0.3, 0.4) is 0 Å². The second kappa shape index (κ2) is 7.27. The van der Waals surface area contributed by atoms with Crippen LogP contribution in [0.2, 0.25) is 5.02 Å². The van der Waals surface area contributed by atoms with Gasteiger partial charge in [0.25, 0.3) is 5.91 Å². The standard InChI is InChI=1S/C20H24ClNO2/c1-13-11-15(20(3,4)5)9-10-18(13)24-12-19(23)22-17-8-6-7-16(21)14(17)2/h6-11H,12H2,1-5H3,(H,22,23). The van der Waals surface area contributed by atoms with Crippen molar-refractivity contribution in [2.24, 2.45) is 0 Å². The number of amides is 1. The lowest BCUT2D eigenvalue weighted by molar-refractivity contribution is -0.118. The molecule has 1 N–H and O–H groups in total. The molecule has 1 amide bonds. The molecule has 0 saturated heterocycles. The molecule has 0 unspecified atom stereocenters. The van der Waals surface area contributed by atoms with Gasteiger partial charge in [-0.2, -0.15) is 0 Å². The summed E-state index contributed by atoms with van der Waals surface area (Å²) in [6.45, 7) is 10.3. The molecule has 0 saturated carbocycles. The number of rotatable bonds is 4. The lowest BCUT2D eigenvalue weighted by atomic mass is 9.86. The van der Waals surface area contributed by atoms with Gasteiger partial charge in [-0.3, -0.25) is 4.79 Å². The van der Waals surface area contributed by atoms with Crippen molar-refractivity contribution in [3.63, 3.8) is 0 Å². The molecule has 0 bridgehead atoms. The summed E-state index contributed by atoms with van der Waals surface area (Å²) < 4.78 is 5.66. The largest absolute Gasteiger partial charge is 0.483 e. The van der Waals surface area contributed by atoms with Crippen LogP contribution in [-0.4, -0.2) is 12.5 Å². The maximum atomic E-state index is 12.1. The quantitative estimate of drug-likeness (QED) is 0.819. The Hall–Kier alpha value is -2.00. The number of hydrogen-bond acceptors (Lipinski definition) is 2. The fourth-order valence-electron chi connectivity index (χ4n) is 2.35. The number of benzene rings is 2. The molecule has 0 atom stereocenters. The van der Waals surface area contributed by atoms with E-state index in [-0.39, 0.29) is 17.9 Å². The molecule has 0 aliphatic rings. The van der Waals surface area contributed by atoms with E-state index in [0.29, 0.717) is 10.7 Å². The predicted octanol–water partition coefficient (Wildman–Crippen LogP) is 5.27. The number of halogens is 1. The molecule has 0 fully saturated rings. The van der Waals surface area contributed by atoms with E-state index in [1.807, 2.05) is 32.0 Å². The average Bonchev–Trinajstić information content (AvgIpc) is 2.49. The molecule has 2 rings (SSSR count). The zero-order chi connectivity index (χ0) is 17.9. The normalized spacial score (nSPS) is 11.2. The topological polar surface area (TPSA) is 38.3 Å². The van der Waals surface area contributed by atoms with Crippen LogP contribution >= 0.6 is 11.6 Å². The van der Waals surface area contributed by atoms with Crippen LogP contribution in [0, 0.1) is 13.8 Å². The van der Waals surface area contributed by atoms with E-state index in [1.54, 1.807) is 12.1 Å². The van der Waals surface area contributed by atoms with Crippen molar-refractivity contribution in [2.45, 2.75) is 40.0 Å². The van der Waals surface area contributed by atoms with Gasteiger partial charge in [0.15, 0.2) is 6.61 Å². The van der Waals surface area contributed by atoms with E-state index in [4.69, 9.17) is 16.3 Å². The minimum atomic E-state index is -0.209. The van der Waals surface area contributed by atoms with Gasteiger partial charge < -0.3 is 10.1 Å². The molecule has 0 spiro atoms. The van der Waals surface area contributed by atoms with Crippen LogP contribution < -0.4 is 10.1 Å². The highest BCUT2D eigenvalue weighted by molar-refractivity contribution is 6.31. The fraction of sp³-hybridized carbons (Fsp3) is 0.350. The van der Waals surface area contributed by atoms with Crippen molar-refractivity contribution >= 4 is 23.2 Å². The maximum Gasteiger partial charge on any atom is 0.262 e. The summed E-state index contributed by atoms with van der Waals surface area (Å²) in [5.74, 6) is 0.514. The first kappa shape index (κ1) is 18.3. The number of ether oxygens (including phenoxy) is 1. The summed E-state index contributed by atoms with van der Waals surface area (Å²) >= 11 is 6.06. The minimum Gasteiger partial charge on any atom is -0.483 e. The molecule has 3 nitrogen and oxygen atoms in total. The molecule has 0 heterocycles. The Morgan fingerprint density at radius 3 is 2.50 bits per heavy atom. The molecular formula is C20H24ClNO2. The molecule has 0 aromatic heterocycles. The van der Waals surface area contributed by atoms with Gasteiger partial charge in [-0.25, -0.2) is 0 Å². The van der Waals surface area contributed by atoms with Crippen LogP contribution in [-0.2, 0) is 10.2 Å². The predicted molar refractivity (Wildman–Crippen MR) is 100 cm³/mol. The molecule has 2 aromatic rings. The monoisotopic (exact) mass is 345 g/mol. The Balaban J connectivity index is 2.00. The highest BCUT2D eigenvalue weighted by Gasteiger charge is 2.15. The molecule has 128 valence electrons. The van der Waals surface area contributed by atoms with E-state index in [2.05, 4.69) is 32.2 Å². The second-order valence-corrected chi connectivity index (χ2v) is 7.39. The van der Waals surface area contributed by atoms with E-state index in [0.717, 1.165) is 16.9 Å². The first-order valence-electron chi connectivity index (χ1n) is 7.97. The van der Waals surface area contributed by atoms with Crippen molar-refractivity contribution in [1.29, 1.82) is 0 Å². The summed E-state index contributed by atoms with van der Waals surface area (Å²) in [5.41, 5.74) is 3.90. The van der Waals surface area contributed by atoms with E-state index >= 15 is 0 Å². The molecule has 2 aromatic carbocycles. The van der Waals surface area contributed by atoms with Crippen molar-refractivity contribution in [2.75, 3.05) is 11.9 Å². The molecular weight excluding hydrogens is 322 g/mol. The first-order chi connectivity index (χ1) is 11.2. The number of carbonyl (C=O) groups is 1. The molecule has 4 heteroatoms. The van der Waals surface area contributed by atoms with E-state index in [1.165, 1.54) is 5.56 Å². The Morgan fingerprint density at radius 2 is 1.88 bits per heavy atom. The summed E-state index contributed by atoms with van der Waals surface area (Å²) in [7, 11) is 0. The average molecular weight is 346 g/mol. The Bertz CT molecular complexity index is 748. The first-order valence-corrected chi connectivity index (χ1v) is 8.35. The lowest BCUT2D eigenvalue weighted by Gasteiger charge is -2.20. The van der Waals surface area contributed by atoms with Gasteiger partial charge in [-0.1, -0.05) is 50.6 Å². The van der Waals surface area contributed by atoms with Gasteiger partial charge in [0, 0.05) is 10.7 Å². The highest BCUT2D eigenvalue weighted by Crippen LogP contribution is 2.27. The Morgan fingerprint density at radius 1 is 1.17 bits per heavy atom. The van der Waals surface area contributed by atoms with Gasteiger partial charge in [-0.05, 0) is 54.2 Å². The molecule has 0 aliphatic carbocycles. The van der Waals surface area contributed by atoms with Gasteiger partial charge in [-0.15, -0.1) is 0 Å². The molecule has 0 radical (unpaired) electrons. The third kappa shape index (κ3) is 4.51. The SMILES string of the molecule is Cc1cc(C(C)(C)C)ccc1OCC(=O)Nc1cccc(Cl)c1C. The highest BCUT2D eigenvalue weighted by atomic mass is 35.5. The van der Waals surface area contributed by atoms with Gasteiger partial charge in [0.05, 0.1) is 0 Å². The zero-order valence-electron chi connectivity index (χ0n) is 14.9. The number of nitrogens with one attached hydrogen (secondary N) is 1. The number of carbonyl (C=O) groups excluding carboxylic acids is 1. The molecule has 24 heavy (non-hydrogen) atoms. The third-order valence-corrected chi connectivity index (χ3v) is 4.35. The fourth-order valence-corrected chi connectivity index (χ4v) is 2.52. The minimum absolute atomic E-state index is 0.0400. The summed E-state index contributed by atoms with van der Waals surface area (Å²) in [5, 5.41) is 3.46. The number of aryl methyl sites for hydroxylation is 1. The third-order valence-electron chi connectivity index (χ3n) is 3.94. The van der Waals surface area contributed by atoms with Crippen molar-refractivity contribution in [3.05, 3.63) is 58.1 Å². The van der Waals surface area contributed by atoms with Crippen LogP contribution in [0.25, 0.3) is 0 Å². The number of anilines is 1. The Kier molecular flexibility index (Phi) is 5.55. The Labute approximate surface area is 149 Å². The van der Waals surface area contributed by atoms with Crippen LogP contribution in [0.5, 0.6) is 5.75 Å². The zero-order valence-corrected chi connectivity index (χ0v) is 15.6. The van der Waals surface area contributed by atoms with Crippen LogP contribution in [0.4, 0.5) is 5.69 Å². The van der Waals surface area contributed by atoms with Crippen LogP contribution in [0.15, 0.2) is 36.4 Å². The summed E-state index contributed by atoms with van der Waals surface area (Å²) in [6.07, 6.45) is 0. The molecule has 0 aliphatic heterocycles. The van der Waals surface area contributed by atoms with Crippen molar-refractivity contribution < 1.29 is 9.53 Å². The lowest BCUT2D eigenvalue weighted by Crippen LogP contribution is -2.21. The maximum absolute atomic E-state index is 12.1. The summed E-state index contributed by atoms with van der Waals surface area (Å²) in [4.78, 5) is 12.1. The second-order valence-electron chi connectivity index (χ2n) is 6.98. The van der Waals surface area contributed by atoms with Gasteiger partial charge >= 0.3 is 0 Å². The smallest absolute Gasteiger partial charge is 0.262 e. The van der Waals surface area contributed by atoms with Gasteiger partial charge in [0.2, 0.25) is 0 Å². The van der Waals surface area contributed by atoms with Crippen LogP contribution in [0.1, 0.15) is 37.5 Å². The van der Waals surface area contributed by atoms with E-state index < -0.39 is 0 Å². The van der Waals surface area contributed by atoms with E-state index in [9.17, 15) is 4.79 Å².